The van der Waals surface area contributed by atoms with Crippen molar-refractivity contribution in [1.29, 1.82) is 0 Å². The molecule has 0 unspecified atom stereocenters. The van der Waals surface area contributed by atoms with Crippen LogP contribution in [0.3, 0.4) is 0 Å². The summed E-state index contributed by atoms with van der Waals surface area (Å²) < 4.78 is 0. The Labute approximate surface area is 132 Å². The van der Waals surface area contributed by atoms with Crippen molar-refractivity contribution >= 4 is 17.3 Å². The van der Waals surface area contributed by atoms with E-state index in [1.54, 1.807) is 0 Å². The average Bonchev–Trinajstić information content (AvgIpc) is 2.62. The van der Waals surface area contributed by atoms with Crippen molar-refractivity contribution < 1.29 is 4.79 Å². The summed E-state index contributed by atoms with van der Waals surface area (Å²) in [5.41, 5.74) is 4.06. The molecule has 116 valence electrons. The monoisotopic (exact) mass is 297 g/mol. The molecule has 1 aromatic rings. The summed E-state index contributed by atoms with van der Waals surface area (Å²) in [7, 11) is 6.12. The van der Waals surface area contributed by atoms with E-state index in [-0.39, 0.29) is 5.91 Å². The lowest BCUT2D eigenvalue weighted by Crippen LogP contribution is -2.37. The molecular weight excluding hydrogens is 274 g/mol. The van der Waals surface area contributed by atoms with Gasteiger partial charge in [0.2, 0.25) is 0 Å². The van der Waals surface area contributed by atoms with Gasteiger partial charge in [0.25, 0.3) is 5.91 Å². The Morgan fingerprint density at radius 2 is 1.91 bits per heavy atom. The van der Waals surface area contributed by atoms with Crippen LogP contribution < -0.4 is 9.80 Å². The summed E-state index contributed by atoms with van der Waals surface area (Å²) >= 11 is 0. The zero-order valence-corrected chi connectivity index (χ0v) is 13.5. The molecule has 0 saturated heterocycles. The molecule has 1 aromatic carbocycles. The van der Waals surface area contributed by atoms with Crippen LogP contribution in [0, 0.1) is 0 Å². The maximum absolute atomic E-state index is 13.1. The SMILES string of the molecule is CN(C)CCN1C(=O)C2=C(C=CCC2)N(C)c2ccccc21. The van der Waals surface area contributed by atoms with Gasteiger partial charge >= 0.3 is 0 Å². The average molecular weight is 297 g/mol. The third-order valence-electron chi connectivity index (χ3n) is 4.32. The Kier molecular flexibility index (Phi) is 4.03. The molecule has 1 amide bonds. The Balaban J connectivity index is 2.09. The van der Waals surface area contributed by atoms with Crippen LogP contribution in [0.25, 0.3) is 0 Å². The fraction of sp³-hybridized carbons (Fsp3) is 0.389. The zero-order valence-electron chi connectivity index (χ0n) is 13.5. The van der Waals surface area contributed by atoms with Gasteiger partial charge in [-0.1, -0.05) is 18.2 Å². The fourth-order valence-corrected chi connectivity index (χ4v) is 3.08. The van der Waals surface area contributed by atoms with Crippen molar-refractivity contribution in [2.75, 3.05) is 44.0 Å². The molecular formula is C18H23N3O. The van der Waals surface area contributed by atoms with Crippen molar-refractivity contribution in [1.82, 2.24) is 4.90 Å². The first-order valence-corrected chi connectivity index (χ1v) is 7.78. The maximum atomic E-state index is 13.1. The van der Waals surface area contributed by atoms with E-state index in [9.17, 15) is 4.79 Å². The normalized spacial score (nSPS) is 17.7. The van der Waals surface area contributed by atoms with Gasteiger partial charge in [0.1, 0.15) is 0 Å². The minimum Gasteiger partial charge on any atom is -0.343 e. The van der Waals surface area contributed by atoms with E-state index in [2.05, 4.69) is 28.0 Å². The molecule has 2 aliphatic rings. The number of anilines is 2. The standard InChI is InChI=1S/C18H23N3O/c1-19(2)12-13-21-17-11-7-6-10-16(17)20(3)15-9-5-4-8-14(15)18(21)22/h5-7,9-11H,4,8,12-13H2,1-3H3. The van der Waals surface area contributed by atoms with Crippen LogP contribution in [0.4, 0.5) is 11.4 Å². The molecule has 1 aliphatic heterocycles. The Bertz CT molecular complexity index is 645. The summed E-state index contributed by atoms with van der Waals surface area (Å²) in [4.78, 5) is 19.3. The van der Waals surface area contributed by atoms with E-state index < -0.39 is 0 Å². The van der Waals surface area contributed by atoms with Crippen LogP contribution in [0.2, 0.25) is 0 Å². The number of amides is 1. The van der Waals surface area contributed by atoms with Gasteiger partial charge in [-0.25, -0.2) is 0 Å². The van der Waals surface area contributed by atoms with Crippen LogP contribution in [0.5, 0.6) is 0 Å². The van der Waals surface area contributed by atoms with E-state index in [4.69, 9.17) is 0 Å². The Morgan fingerprint density at radius 3 is 2.64 bits per heavy atom. The molecule has 0 aromatic heterocycles. The quantitative estimate of drug-likeness (QED) is 0.858. The van der Waals surface area contributed by atoms with Crippen LogP contribution in [0.1, 0.15) is 12.8 Å². The maximum Gasteiger partial charge on any atom is 0.256 e. The van der Waals surface area contributed by atoms with Crippen LogP contribution in [-0.2, 0) is 4.79 Å². The van der Waals surface area contributed by atoms with Gasteiger partial charge in [-0.2, -0.15) is 0 Å². The highest BCUT2D eigenvalue weighted by atomic mass is 16.2. The molecule has 0 bridgehead atoms. The van der Waals surface area contributed by atoms with Crippen LogP contribution in [-0.4, -0.2) is 45.0 Å². The summed E-state index contributed by atoms with van der Waals surface area (Å²) in [6.07, 6.45) is 6.00. The van der Waals surface area contributed by atoms with Crippen molar-refractivity contribution in [2.24, 2.45) is 0 Å². The Morgan fingerprint density at radius 1 is 1.18 bits per heavy atom. The molecule has 1 heterocycles. The first-order valence-electron chi connectivity index (χ1n) is 7.78. The van der Waals surface area contributed by atoms with E-state index >= 15 is 0 Å². The zero-order chi connectivity index (χ0) is 15.7. The minimum atomic E-state index is 0.151. The molecule has 0 radical (unpaired) electrons. The highest BCUT2D eigenvalue weighted by molar-refractivity contribution is 6.10. The van der Waals surface area contributed by atoms with Gasteiger partial charge < -0.3 is 14.7 Å². The van der Waals surface area contributed by atoms with Crippen molar-refractivity contribution in [3.63, 3.8) is 0 Å². The second kappa shape index (κ2) is 5.97. The molecule has 0 spiro atoms. The second-order valence-corrected chi connectivity index (χ2v) is 6.11. The van der Waals surface area contributed by atoms with Gasteiger partial charge in [0.15, 0.2) is 0 Å². The summed E-state index contributed by atoms with van der Waals surface area (Å²) in [5.74, 6) is 0.151. The predicted molar refractivity (Wildman–Crippen MR) is 91.2 cm³/mol. The lowest BCUT2D eigenvalue weighted by Gasteiger charge is -2.26. The van der Waals surface area contributed by atoms with E-state index in [0.29, 0.717) is 6.54 Å². The number of hydrogen-bond donors (Lipinski definition) is 0. The molecule has 0 atom stereocenters. The molecule has 0 N–H and O–H groups in total. The van der Waals surface area contributed by atoms with Crippen LogP contribution >= 0.6 is 0 Å². The largest absolute Gasteiger partial charge is 0.343 e. The number of nitrogens with zero attached hydrogens (tertiary/aromatic N) is 3. The summed E-state index contributed by atoms with van der Waals surface area (Å²) in [6, 6.07) is 8.16. The number of hydrogen-bond acceptors (Lipinski definition) is 3. The van der Waals surface area contributed by atoms with Gasteiger partial charge in [0, 0.05) is 31.4 Å². The van der Waals surface area contributed by atoms with Gasteiger partial charge in [0.05, 0.1) is 11.4 Å². The van der Waals surface area contributed by atoms with Crippen LogP contribution in [0.15, 0.2) is 47.7 Å². The van der Waals surface area contributed by atoms with Crippen molar-refractivity contribution in [3.8, 4) is 0 Å². The lowest BCUT2D eigenvalue weighted by molar-refractivity contribution is -0.115. The first-order chi connectivity index (χ1) is 10.6. The van der Waals surface area contributed by atoms with Crippen molar-refractivity contribution in [2.45, 2.75) is 12.8 Å². The van der Waals surface area contributed by atoms with E-state index in [0.717, 1.165) is 42.0 Å². The molecule has 4 nitrogen and oxygen atoms in total. The number of carbonyl (C=O) groups excluding carboxylic acids is 1. The molecule has 0 saturated carbocycles. The first kappa shape index (κ1) is 14.9. The number of allylic oxidation sites excluding steroid dienone is 2. The van der Waals surface area contributed by atoms with Gasteiger partial charge in [-0.05, 0) is 45.1 Å². The molecule has 4 heteroatoms. The van der Waals surface area contributed by atoms with Crippen molar-refractivity contribution in [3.05, 3.63) is 47.7 Å². The number of para-hydroxylation sites is 2. The van der Waals surface area contributed by atoms with E-state index in [1.807, 2.05) is 44.2 Å². The highest BCUT2D eigenvalue weighted by Crippen LogP contribution is 2.38. The number of likely N-dealkylation sites (N-methyl/N-ethyl adjacent to an activating group) is 2. The highest BCUT2D eigenvalue weighted by Gasteiger charge is 2.30. The third kappa shape index (κ3) is 2.55. The van der Waals surface area contributed by atoms with Gasteiger partial charge in [-0.15, -0.1) is 0 Å². The van der Waals surface area contributed by atoms with Gasteiger partial charge in [-0.3, -0.25) is 4.79 Å². The number of rotatable bonds is 3. The molecule has 22 heavy (non-hydrogen) atoms. The summed E-state index contributed by atoms with van der Waals surface area (Å²) in [6.45, 7) is 1.55. The Hall–Kier alpha value is -2.07. The van der Waals surface area contributed by atoms with E-state index in [1.165, 1.54) is 0 Å². The number of benzene rings is 1. The topological polar surface area (TPSA) is 26.8 Å². The number of carbonyl (C=O) groups is 1. The fourth-order valence-electron chi connectivity index (χ4n) is 3.08. The number of fused-ring (bicyclic) bond motifs is 1. The molecule has 1 aliphatic carbocycles. The second-order valence-electron chi connectivity index (χ2n) is 6.11. The third-order valence-corrected chi connectivity index (χ3v) is 4.32. The summed E-state index contributed by atoms with van der Waals surface area (Å²) in [5, 5.41) is 0. The minimum absolute atomic E-state index is 0.151. The smallest absolute Gasteiger partial charge is 0.256 e. The lowest BCUT2D eigenvalue weighted by atomic mass is 10.0. The molecule has 3 rings (SSSR count). The predicted octanol–water partition coefficient (Wildman–Crippen LogP) is 2.64. The molecule has 0 fully saturated rings.